The van der Waals surface area contributed by atoms with Gasteiger partial charge in [-0.1, -0.05) is 0 Å². The predicted molar refractivity (Wildman–Crippen MR) is 64.4 cm³/mol. The Bertz CT molecular complexity index is 311. The minimum atomic E-state index is -0.722. The number of thioether (sulfide) groups is 1. The van der Waals surface area contributed by atoms with E-state index in [1.54, 1.807) is 13.8 Å². The fourth-order valence-corrected chi connectivity index (χ4v) is 3.38. The van der Waals surface area contributed by atoms with Gasteiger partial charge in [0.2, 0.25) is 0 Å². The molecule has 4 nitrogen and oxygen atoms in total. The van der Waals surface area contributed by atoms with Gasteiger partial charge in [-0.2, -0.15) is 11.8 Å². The average Bonchev–Trinajstić information content (AvgIpc) is 2.42. The Kier molecular flexibility index (Phi) is 3.15. The molecule has 1 N–H and O–H groups in total. The first-order chi connectivity index (χ1) is 7.50. The zero-order valence-electron chi connectivity index (χ0n) is 9.78. The molecular formula is C11H18N2O2S. The van der Waals surface area contributed by atoms with Gasteiger partial charge in [0.1, 0.15) is 5.54 Å². The molecule has 90 valence electrons. The van der Waals surface area contributed by atoms with Crippen molar-refractivity contribution in [1.82, 2.24) is 10.2 Å². The molecule has 0 bridgehead atoms. The maximum absolute atomic E-state index is 11.9. The van der Waals surface area contributed by atoms with Crippen LogP contribution in [0.5, 0.6) is 0 Å². The van der Waals surface area contributed by atoms with Gasteiger partial charge in [-0.05, 0) is 44.1 Å². The topological polar surface area (TPSA) is 49.4 Å². The molecule has 0 aliphatic carbocycles. The normalized spacial score (nSPS) is 26.0. The molecule has 2 aliphatic heterocycles. The second-order valence-electron chi connectivity index (χ2n) is 5.03. The Morgan fingerprint density at radius 3 is 2.50 bits per heavy atom. The number of nitrogens with zero attached hydrogens (tertiary/aromatic N) is 1. The number of hydrogen-bond acceptors (Lipinski definition) is 3. The number of hydrogen-bond donors (Lipinski definition) is 1. The lowest BCUT2D eigenvalue weighted by Gasteiger charge is -2.25. The molecule has 3 amide bonds. The summed E-state index contributed by atoms with van der Waals surface area (Å²) in [5.41, 5.74) is -0.722. The Hall–Kier alpha value is -0.710. The summed E-state index contributed by atoms with van der Waals surface area (Å²) in [6, 6.07) is -0.228. The van der Waals surface area contributed by atoms with Gasteiger partial charge >= 0.3 is 6.03 Å². The van der Waals surface area contributed by atoms with Crippen LogP contribution in [0.2, 0.25) is 0 Å². The summed E-state index contributed by atoms with van der Waals surface area (Å²) in [6.45, 7) is 4.10. The second-order valence-corrected chi connectivity index (χ2v) is 6.25. The molecule has 0 atom stereocenters. The van der Waals surface area contributed by atoms with E-state index in [4.69, 9.17) is 0 Å². The summed E-state index contributed by atoms with van der Waals surface area (Å²) in [4.78, 5) is 25.0. The minimum Gasteiger partial charge on any atom is -0.324 e. The van der Waals surface area contributed by atoms with Crippen LogP contribution in [0.4, 0.5) is 4.79 Å². The highest BCUT2D eigenvalue weighted by Crippen LogP contribution is 2.26. The van der Waals surface area contributed by atoms with Gasteiger partial charge in [0.05, 0.1) is 0 Å². The van der Waals surface area contributed by atoms with E-state index in [1.807, 2.05) is 11.8 Å². The van der Waals surface area contributed by atoms with Crippen molar-refractivity contribution in [2.45, 2.75) is 32.2 Å². The summed E-state index contributed by atoms with van der Waals surface area (Å²) in [6.07, 6.45) is 2.23. The molecule has 16 heavy (non-hydrogen) atoms. The molecule has 2 saturated heterocycles. The Balaban J connectivity index is 1.99. The number of imide groups is 1. The SMILES string of the molecule is CC1(C)NC(=O)N(CC2CCSCC2)C1=O. The summed E-state index contributed by atoms with van der Waals surface area (Å²) in [5.74, 6) is 2.70. The molecule has 0 aromatic carbocycles. The second kappa shape index (κ2) is 4.28. The van der Waals surface area contributed by atoms with Gasteiger partial charge in [0.25, 0.3) is 5.91 Å². The molecular weight excluding hydrogens is 224 g/mol. The van der Waals surface area contributed by atoms with Crippen LogP contribution in [0, 0.1) is 5.92 Å². The molecule has 2 aliphatic rings. The molecule has 0 unspecified atom stereocenters. The van der Waals surface area contributed by atoms with Crippen molar-refractivity contribution >= 4 is 23.7 Å². The van der Waals surface area contributed by atoms with E-state index >= 15 is 0 Å². The Morgan fingerprint density at radius 1 is 1.38 bits per heavy atom. The highest BCUT2D eigenvalue weighted by atomic mass is 32.2. The van der Waals surface area contributed by atoms with Crippen LogP contribution in [-0.2, 0) is 4.79 Å². The fraction of sp³-hybridized carbons (Fsp3) is 0.818. The lowest BCUT2D eigenvalue weighted by molar-refractivity contribution is -0.130. The van der Waals surface area contributed by atoms with Crippen molar-refractivity contribution in [3.63, 3.8) is 0 Å². The first-order valence-corrected chi connectivity index (χ1v) is 6.88. The van der Waals surface area contributed by atoms with E-state index in [1.165, 1.54) is 4.90 Å². The first-order valence-electron chi connectivity index (χ1n) is 5.72. The molecule has 5 heteroatoms. The highest BCUT2D eigenvalue weighted by Gasteiger charge is 2.44. The minimum absolute atomic E-state index is 0.0873. The van der Waals surface area contributed by atoms with Crippen molar-refractivity contribution in [3.05, 3.63) is 0 Å². The lowest BCUT2D eigenvalue weighted by atomic mass is 10.0. The zero-order valence-corrected chi connectivity index (χ0v) is 10.6. The summed E-state index contributed by atoms with van der Waals surface area (Å²) >= 11 is 1.95. The van der Waals surface area contributed by atoms with Gasteiger partial charge < -0.3 is 5.32 Å². The maximum Gasteiger partial charge on any atom is 0.325 e. The summed E-state index contributed by atoms with van der Waals surface area (Å²) < 4.78 is 0. The lowest BCUT2D eigenvalue weighted by Crippen LogP contribution is -2.41. The molecule has 2 rings (SSSR count). The van der Waals surface area contributed by atoms with Gasteiger partial charge in [-0.15, -0.1) is 0 Å². The molecule has 2 fully saturated rings. The third kappa shape index (κ3) is 2.19. The van der Waals surface area contributed by atoms with Crippen LogP contribution >= 0.6 is 11.8 Å². The van der Waals surface area contributed by atoms with Crippen molar-refractivity contribution in [3.8, 4) is 0 Å². The van der Waals surface area contributed by atoms with E-state index in [9.17, 15) is 9.59 Å². The van der Waals surface area contributed by atoms with E-state index in [0.29, 0.717) is 12.5 Å². The third-order valence-electron chi connectivity index (χ3n) is 3.23. The molecule has 2 heterocycles. The van der Waals surface area contributed by atoms with Crippen molar-refractivity contribution in [1.29, 1.82) is 0 Å². The fourth-order valence-electron chi connectivity index (χ4n) is 2.17. The van der Waals surface area contributed by atoms with Gasteiger partial charge in [-0.25, -0.2) is 4.79 Å². The van der Waals surface area contributed by atoms with Gasteiger partial charge in [-0.3, -0.25) is 9.69 Å². The summed E-state index contributed by atoms with van der Waals surface area (Å²) in [7, 11) is 0. The van der Waals surface area contributed by atoms with Crippen LogP contribution in [0.25, 0.3) is 0 Å². The maximum atomic E-state index is 11.9. The van der Waals surface area contributed by atoms with Crippen molar-refractivity contribution < 1.29 is 9.59 Å². The van der Waals surface area contributed by atoms with Gasteiger partial charge in [0, 0.05) is 6.54 Å². The van der Waals surface area contributed by atoms with Crippen LogP contribution in [-0.4, -0.2) is 40.4 Å². The summed E-state index contributed by atoms with van der Waals surface area (Å²) in [5, 5.41) is 2.71. The average molecular weight is 242 g/mol. The number of nitrogens with one attached hydrogen (secondary N) is 1. The van der Waals surface area contributed by atoms with E-state index in [-0.39, 0.29) is 11.9 Å². The van der Waals surface area contributed by atoms with Crippen LogP contribution < -0.4 is 5.32 Å². The molecule has 0 spiro atoms. The number of urea groups is 1. The monoisotopic (exact) mass is 242 g/mol. The molecule has 0 aromatic rings. The van der Waals surface area contributed by atoms with E-state index in [0.717, 1.165) is 24.3 Å². The number of rotatable bonds is 2. The van der Waals surface area contributed by atoms with Crippen LogP contribution in [0.15, 0.2) is 0 Å². The third-order valence-corrected chi connectivity index (χ3v) is 4.27. The molecule has 0 radical (unpaired) electrons. The van der Waals surface area contributed by atoms with E-state index < -0.39 is 5.54 Å². The number of carbonyl (C=O) groups excluding carboxylic acids is 2. The standard InChI is InChI=1S/C11H18N2O2S/c1-11(2)9(14)13(10(15)12-11)7-8-3-5-16-6-4-8/h8H,3-7H2,1-2H3,(H,12,15). The molecule has 0 saturated carbocycles. The predicted octanol–water partition coefficient (Wildman–Crippen LogP) is 1.46. The van der Waals surface area contributed by atoms with Crippen LogP contribution in [0.3, 0.4) is 0 Å². The van der Waals surface area contributed by atoms with E-state index in [2.05, 4.69) is 5.32 Å². The smallest absolute Gasteiger partial charge is 0.324 e. The largest absolute Gasteiger partial charge is 0.325 e. The number of carbonyl (C=O) groups is 2. The zero-order chi connectivity index (χ0) is 11.8. The molecule has 0 aromatic heterocycles. The highest BCUT2D eigenvalue weighted by molar-refractivity contribution is 7.99. The van der Waals surface area contributed by atoms with Crippen LogP contribution in [0.1, 0.15) is 26.7 Å². The van der Waals surface area contributed by atoms with Crippen molar-refractivity contribution in [2.75, 3.05) is 18.1 Å². The van der Waals surface area contributed by atoms with Gasteiger partial charge in [0.15, 0.2) is 0 Å². The number of amides is 3. The first kappa shape index (κ1) is 11.8. The quantitative estimate of drug-likeness (QED) is 0.746. The Morgan fingerprint density at radius 2 is 2.00 bits per heavy atom. The van der Waals surface area contributed by atoms with Crippen molar-refractivity contribution in [2.24, 2.45) is 5.92 Å². The Labute approximate surface area is 100 Å².